The van der Waals surface area contributed by atoms with Crippen LogP contribution in [0.1, 0.15) is 26.7 Å². The summed E-state index contributed by atoms with van der Waals surface area (Å²) in [6.45, 7) is 5.71. The minimum Gasteiger partial charge on any atom is -0.479 e. The average Bonchev–Trinajstić information content (AvgIpc) is 2.48. The molecule has 3 nitrogen and oxygen atoms in total. The van der Waals surface area contributed by atoms with E-state index >= 15 is 0 Å². The molecule has 0 aromatic carbocycles. The van der Waals surface area contributed by atoms with Crippen molar-refractivity contribution in [1.29, 1.82) is 0 Å². The van der Waals surface area contributed by atoms with Gasteiger partial charge >= 0.3 is 0 Å². The zero-order chi connectivity index (χ0) is 8.97. The number of ether oxygens (including phenoxy) is 1. The normalized spacial score (nSPS) is 22.7. The van der Waals surface area contributed by atoms with Crippen LogP contribution in [0.25, 0.3) is 0 Å². The summed E-state index contributed by atoms with van der Waals surface area (Å²) in [6, 6.07) is 0.367. The van der Waals surface area contributed by atoms with Gasteiger partial charge in [0, 0.05) is 5.92 Å². The SMILES string of the molecule is CC(C)C1=NC(CCCN)CO1. The summed E-state index contributed by atoms with van der Waals surface area (Å²) in [7, 11) is 0. The molecule has 0 aromatic rings. The quantitative estimate of drug-likeness (QED) is 0.688. The Morgan fingerprint density at radius 2 is 2.42 bits per heavy atom. The minimum atomic E-state index is 0.367. The Hall–Kier alpha value is -0.570. The molecule has 2 N–H and O–H groups in total. The van der Waals surface area contributed by atoms with Gasteiger partial charge in [-0.15, -0.1) is 0 Å². The van der Waals surface area contributed by atoms with Crippen LogP contribution >= 0.6 is 0 Å². The van der Waals surface area contributed by atoms with Gasteiger partial charge in [-0.05, 0) is 19.4 Å². The van der Waals surface area contributed by atoms with E-state index < -0.39 is 0 Å². The van der Waals surface area contributed by atoms with E-state index in [1.54, 1.807) is 0 Å². The molecule has 1 heterocycles. The van der Waals surface area contributed by atoms with Crippen LogP contribution in [0, 0.1) is 5.92 Å². The molecular weight excluding hydrogens is 152 g/mol. The van der Waals surface area contributed by atoms with Crippen LogP contribution in [-0.2, 0) is 4.74 Å². The highest BCUT2D eigenvalue weighted by atomic mass is 16.5. The lowest BCUT2D eigenvalue weighted by molar-refractivity contribution is 0.296. The molecule has 0 saturated carbocycles. The van der Waals surface area contributed by atoms with E-state index in [-0.39, 0.29) is 0 Å². The van der Waals surface area contributed by atoms with Crippen molar-refractivity contribution in [3.05, 3.63) is 0 Å². The molecular formula is C9H18N2O. The van der Waals surface area contributed by atoms with Gasteiger partial charge in [0.25, 0.3) is 0 Å². The van der Waals surface area contributed by atoms with Crippen LogP contribution in [0.2, 0.25) is 0 Å². The molecule has 0 fully saturated rings. The van der Waals surface area contributed by atoms with Crippen LogP contribution in [0.5, 0.6) is 0 Å². The van der Waals surface area contributed by atoms with Crippen LogP contribution in [0.3, 0.4) is 0 Å². The second kappa shape index (κ2) is 4.45. The maximum atomic E-state index is 5.43. The van der Waals surface area contributed by atoms with Crippen LogP contribution in [0.4, 0.5) is 0 Å². The van der Waals surface area contributed by atoms with Crippen LogP contribution in [-0.4, -0.2) is 25.1 Å². The summed E-state index contributed by atoms with van der Waals surface area (Å²) in [6.07, 6.45) is 2.11. The first kappa shape index (κ1) is 9.52. The summed E-state index contributed by atoms with van der Waals surface area (Å²) < 4.78 is 5.43. The fourth-order valence-corrected chi connectivity index (χ4v) is 1.25. The highest BCUT2D eigenvalue weighted by Crippen LogP contribution is 2.14. The number of nitrogens with zero attached hydrogens (tertiary/aromatic N) is 1. The van der Waals surface area contributed by atoms with Crippen molar-refractivity contribution in [3.8, 4) is 0 Å². The number of hydrogen-bond acceptors (Lipinski definition) is 3. The predicted molar refractivity (Wildman–Crippen MR) is 50.3 cm³/mol. The third kappa shape index (κ3) is 2.48. The van der Waals surface area contributed by atoms with Crippen LogP contribution in [0.15, 0.2) is 4.99 Å². The largest absolute Gasteiger partial charge is 0.479 e. The minimum absolute atomic E-state index is 0.367. The van der Waals surface area contributed by atoms with Crippen molar-refractivity contribution in [1.82, 2.24) is 0 Å². The lowest BCUT2D eigenvalue weighted by Gasteiger charge is -2.02. The molecule has 70 valence electrons. The Morgan fingerprint density at radius 1 is 1.67 bits per heavy atom. The number of rotatable bonds is 4. The lowest BCUT2D eigenvalue weighted by atomic mass is 10.2. The molecule has 1 rings (SSSR count). The Balaban J connectivity index is 2.31. The summed E-state index contributed by atoms with van der Waals surface area (Å²) in [5, 5.41) is 0. The second-order valence-electron chi connectivity index (χ2n) is 3.52. The molecule has 0 spiro atoms. The van der Waals surface area contributed by atoms with E-state index in [0.29, 0.717) is 12.0 Å². The standard InChI is InChI=1S/C9H18N2O/c1-7(2)9-11-8(6-12-9)4-3-5-10/h7-8H,3-6,10H2,1-2H3. The van der Waals surface area contributed by atoms with E-state index in [1.807, 2.05) is 0 Å². The molecule has 0 amide bonds. The van der Waals surface area contributed by atoms with Gasteiger partial charge < -0.3 is 10.5 Å². The van der Waals surface area contributed by atoms with Crippen LogP contribution < -0.4 is 5.73 Å². The van der Waals surface area contributed by atoms with E-state index in [2.05, 4.69) is 18.8 Å². The van der Waals surface area contributed by atoms with E-state index in [1.165, 1.54) is 0 Å². The average molecular weight is 170 g/mol. The molecule has 0 aromatic heterocycles. The predicted octanol–water partition coefficient (Wildman–Crippen LogP) is 1.18. The molecule has 0 radical (unpaired) electrons. The first-order chi connectivity index (χ1) is 5.74. The fraction of sp³-hybridized carbons (Fsp3) is 0.889. The van der Waals surface area contributed by atoms with Crippen molar-refractivity contribution in [3.63, 3.8) is 0 Å². The maximum absolute atomic E-state index is 5.43. The number of aliphatic imine (C=N–C) groups is 1. The summed E-state index contributed by atoms with van der Waals surface area (Å²) in [5.74, 6) is 1.34. The lowest BCUT2D eigenvalue weighted by Crippen LogP contribution is -2.09. The van der Waals surface area contributed by atoms with Crippen molar-refractivity contribution in [2.24, 2.45) is 16.6 Å². The Morgan fingerprint density at radius 3 is 2.92 bits per heavy atom. The summed E-state index contributed by atoms with van der Waals surface area (Å²) in [5.41, 5.74) is 5.41. The van der Waals surface area contributed by atoms with Gasteiger partial charge in [0.15, 0.2) is 5.90 Å². The molecule has 0 bridgehead atoms. The van der Waals surface area contributed by atoms with Gasteiger partial charge in [-0.25, -0.2) is 4.99 Å². The Kier molecular flexibility index (Phi) is 3.53. The zero-order valence-electron chi connectivity index (χ0n) is 7.92. The fourth-order valence-electron chi connectivity index (χ4n) is 1.25. The summed E-state index contributed by atoms with van der Waals surface area (Å²) >= 11 is 0. The smallest absolute Gasteiger partial charge is 0.186 e. The second-order valence-corrected chi connectivity index (χ2v) is 3.52. The Bertz CT molecular complexity index is 166. The molecule has 12 heavy (non-hydrogen) atoms. The van der Waals surface area contributed by atoms with E-state index in [4.69, 9.17) is 10.5 Å². The van der Waals surface area contributed by atoms with Gasteiger partial charge in [0.05, 0.1) is 6.04 Å². The maximum Gasteiger partial charge on any atom is 0.186 e. The molecule has 3 heteroatoms. The van der Waals surface area contributed by atoms with Crippen molar-refractivity contribution in [2.45, 2.75) is 32.7 Å². The topological polar surface area (TPSA) is 47.6 Å². The molecule has 1 aliphatic rings. The van der Waals surface area contributed by atoms with E-state index in [9.17, 15) is 0 Å². The van der Waals surface area contributed by atoms with Gasteiger partial charge in [-0.3, -0.25) is 0 Å². The molecule has 0 saturated heterocycles. The zero-order valence-corrected chi connectivity index (χ0v) is 7.92. The molecule has 1 aliphatic heterocycles. The van der Waals surface area contributed by atoms with Gasteiger partial charge in [-0.1, -0.05) is 13.8 Å². The third-order valence-electron chi connectivity index (χ3n) is 1.97. The number of hydrogen-bond donors (Lipinski definition) is 1. The molecule has 1 unspecified atom stereocenters. The molecule has 0 aliphatic carbocycles. The van der Waals surface area contributed by atoms with Crippen molar-refractivity contribution >= 4 is 5.90 Å². The van der Waals surface area contributed by atoms with Gasteiger partial charge in [0.1, 0.15) is 6.61 Å². The van der Waals surface area contributed by atoms with Crippen molar-refractivity contribution in [2.75, 3.05) is 13.2 Å². The van der Waals surface area contributed by atoms with Gasteiger partial charge in [0.2, 0.25) is 0 Å². The Labute approximate surface area is 74.0 Å². The summed E-state index contributed by atoms with van der Waals surface area (Å²) in [4.78, 5) is 4.46. The van der Waals surface area contributed by atoms with Gasteiger partial charge in [-0.2, -0.15) is 0 Å². The highest BCUT2D eigenvalue weighted by molar-refractivity contribution is 5.79. The monoisotopic (exact) mass is 170 g/mol. The third-order valence-corrected chi connectivity index (χ3v) is 1.97. The first-order valence-corrected chi connectivity index (χ1v) is 4.64. The number of nitrogens with two attached hydrogens (primary N) is 1. The highest BCUT2D eigenvalue weighted by Gasteiger charge is 2.19. The van der Waals surface area contributed by atoms with Crippen molar-refractivity contribution < 1.29 is 4.74 Å². The first-order valence-electron chi connectivity index (χ1n) is 4.64. The molecule has 1 atom stereocenters. The van der Waals surface area contributed by atoms with E-state index in [0.717, 1.165) is 31.9 Å².